The highest BCUT2D eigenvalue weighted by atomic mass is 16.3. The molecule has 1 aliphatic rings. The Morgan fingerprint density at radius 3 is 2.94 bits per heavy atom. The SMILES string of the molecule is O=C(NCCN1CCCC1)c1ccncc1O. The van der Waals surface area contributed by atoms with Crippen LogP contribution in [0.5, 0.6) is 5.75 Å². The first kappa shape index (κ1) is 11.9. The van der Waals surface area contributed by atoms with Crippen LogP contribution in [0, 0.1) is 0 Å². The van der Waals surface area contributed by atoms with Gasteiger partial charge in [-0.3, -0.25) is 9.78 Å². The number of likely N-dealkylation sites (tertiary alicyclic amines) is 1. The Morgan fingerprint density at radius 2 is 2.24 bits per heavy atom. The van der Waals surface area contributed by atoms with Crippen molar-refractivity contribution < 1.29 is 9.90 Å². The molecule has 1 amide bonds. The van der Waals surface area contributed by atoms with Crippen molar-refractivity contribution in [1.82, 2.24) is 15.2 Å². The van der Waals surface area contributed by atoms with Gasteiger partial charge in [0.15, 0.2) is 0 Å². The predicted molar refractivity (Wildman–Crippen MR) is 63.9 cm³/mol. The van der Waals surface area contributed by atoms with Crippen molar-refractivity contribution >= 4 is 5.91 Å². The third-order valence-electron chi connectivity index (χ3n) is 2.96. The van der Waals surface area contributed by atoms with Gasteiger partial charge in [-0.25, -0.2) is 0 Å². The molecule has 0 aromatic carbocycles. The Balaban J connectivity index is 1.79. The molecule has 5 nitrogen and oxygen atoms in total. The summed E-state index contributed by atoms with van der Waals surface area (Å²) in [6.45, 7) is 3.73. The fourth-order valence-corrected chi connectivity index (χ4v) is 2.01. The lowest BCUT2D eigenvalue weighted by atomic mass is 10.2. The number of hydrogen-bond donors (Lipinski definition) is 2. The fraction of sp³-hybridized carbons (Fsp3) is 0.500. The van der Waals surface area contributed by atoms with E-state index in [1.54, 1.807) is 0 Å². The van der Waals surface area contributed by atoms with Crippen LogP contribution in [0.15, 0.2) is 18.5 Å². The van der Waals surface area contributed by atoms with E-state index in [9.17, 15) is 9.90 Å². The predicted octanol–water partition coefficient (Wildman–Crippen LogP) is 0.613. The lowest BCUT2D eigenvalue weighted by molar-refractivity contribution is 0.0947. The summed E-state index contributed by atoms with van der Waals surface area (Å²) in [5.74, 6) is -0.324. The van der Waals surface area contributed by atoms with Gasteiger partial charge in [0.25, 0.3) is 5.91 Å². The molecule has 17 heavy (non-hydrogen) atoms. The molecule has 0 saturated carbocycles. The van der Waals surface area contributed by atoms with E-state index in [1.165, 1.54) is 31.3 Å². The number of rotatable bonds is 4. The normalized spacial score (nSPS) is 16.0. The Hall–Kier alpha value is -1.62. The Morgan fingerprint density at radius 1 is 1.47 bits per heavy atom. The lowest BCUT2D eigenvalue weighted by Gasteiger charge is -2.14. The average molecular weight is 235 g/mol. The summed E-state index contributed by atoms with van der Waals surface area (Å²) in [4.78, 5) is 17.8. The molecule has 1 aromatic rings. The average Bonchev–Trinajstić information content (AvgIpc) is 2.82. The molecular weight excluding hydrogens is 218 g/mol. The van der Waals surface area contributed by atoms with Crippen LogP contribution in [0.1, 0.15) is 23.2 Å². The van der Waals surface area contributed by atoms with E-state index >= 15 is 0 Å². The van der Waals surface area contributed by atoms with Gasteiger partial charge in [0.1, 0.15) is 5.75 Å². The number of carbonyl (C=O) groups is 1. The Kier molecular flexibility index (Phi) is 3.93. The van der Waals surface area contributed by atoms with Gasteiger partial charge in [-0.15, -0.1) is 0 Å². The topological polar surface area (TPSA) is 65.5 Å². The van der Waals surface area contributed by atoms with E-state index in [0.717, 1.165) is 19.6 Å². The van der Waals surface area contributed by atoms with Gasteiger partial charge in [0.2, 0.25) is 0 Å². The Bertz CT molecular complexity index is 389. The van der Waals surface area contributed by atoms with Crippen LogP contribution < -0.4 is 5.32 Å². The van der Waals surface area contributed by atoms with Crippen LogP contribution in [-0.4, -0.2) is 47.1 Å². The zero-order valence-corrected chi connectivity index (χ0v) is 9.72. The number of nitrogens with one attached hydrogen (secondary N) is 1. The zero-order valence-electron chi connectivity index (χ0n) is 9.72. The number of pyridine rings is 1. The molecule has 1 saturated heterocycles. The first-order chi connectivity index (χ1) is 8.27. The van der Waals surface area contributed by atoms with Gasteiger partial charge in [-0.05, 0) is 32.0 Å². The molecule has 5 heteroatoms. The second kappa shape index (κ2) is 5.63. The highest BCUT2D eigenvalue weighted by Crippen LogP contribution is 2.13. The van der Waals surface area contributed by atoms with Gasteiger partial charge < -0.3 is 15.3 Å². The van der Waals surface area contributed by atoms with E-state index in [1.807, 2.05) is 0 Å². The van der Waals surface area contributed by atoms with Gasteiger partial charge in [0.05, 0.1) is 11.8 Å². The molecular formula is C12H17N3O2. The minimum Gasteiger partial charge on any atom is -0.505 e. The highest BCUT2D eigenvalue weighted by molar-refractivity contribution is 5.96. The van der Waals surface area contributed by atoms with Crippen LogP contribution in [0.4, 0.5) is 0 Å². The smallest absolute Gasteiger partial charge is 0.255 e. The first-order valence-electron chi connectivity index (χ1n) is 5.91. The number of nitrogens with zero attached hydrogens (tertiary/aromatic N) is 2. The summed E-state index contributed by atoms with van der Waals surface area (Å²) in [6, 6.07) is 1.51. The number of aromatic nitrogens is 1. The third kappa shape index (κ3) is 3.17. The second-order valence-electron chi connectivity index (χ2n) is 4.20. The van der Waals surface area contributed by atoms with Gasteiger partial charge in [-0.1, -0.05) is 0 Å². The summed E-state index contributed by atoms with van der Waals surface area (Å²) in [7, 11) is 0. The number of aromatic hydroxyl groups is 1. The largest absolute Gasteiger partial charge is 0.505 e. The monoisotopic (exact) mass is 235 g/mol. The van der Waals surface area contributed by atoms with Gasteiger partial charge in [-0.2, -0.15) is 0 Å². The van der Waals surface area contributed by atoms with Gasteiger partial charge >= 0.3 is 0 Å². The molecule has 0 unspecified atom stereocenters. The molecule has 0 spiro atoms. The second-order valence-corrected chi connectivity index (χ2v) is 4.20. The van der Waals surface area contributed by atoms with Crippen LogP contribution in [0.2, 0.25) is 0 Å². The van der Waals surface area contributed by atoms with E-state index in [-0.39, 0.29) is 17.2 Å². The van der Waals surface area contributed by atoms with Crippen molar-refractivity contribution in [3.63, 3.8) is 0 Å². The summed E-state index contributed by atoms with van der Waals surface area (Å²) >= 11 is 0. The van der Waals surface area contributed by atoms with Crippen LogP contribution in [-0.2, 0) is 0 Å². The van der Waals surface area contributed by atoms with E-state index in [4.69, 9.17) is 0 Å². The highest BCUT2D eigenvalue weighted by Gasteiger charge is 2.13. The quantitative estimate of drug-likeness (QED) is 0.802. The van der Waals surface area contributed by atoms with Crippen molar-refractivity contribution in [2.45, 2.75) is 12.8 Å². The zero-order chi connectivity index (χ0) is 12.1. The molecule has 0 radical (unpaired) electrons. The van der Waals surface area contributed by atoms with Gasteiger partial charge in [0, 0.05) is 19.3 Å². The van der Waals surface area contributed by atoms with Crippen molar-refractivity contribution in [3.05, 3.63) is 24.0 Å². The Labute approximate surface area is 100 Å². The van der Waals surface area contributed by atoms with Crippen molar-refractivity contribution in [3.8, 4) is 5.75 Å². The maximum Gasteiger partial charge on any atom is 0.255 e. The molecule has 1 fully saturated rings. The lowest BCUT2D eigenvalue weighted by Crippen LogP contribution is -2.33. The molecule has 1 aliphatic heterocycles. The maximum absolute atomic E-state index is 11.7. The summed E-state index contributed by atoms with van der Waals surface area (Å²) in [5.41, 5.74) is 0.279. The molecule has 2 heterocycles. The molecule has 0 aliphatic carbocycles. The van der Waals surface area contributed by atoms with Crippen molar-refractivity contribution in [1.29, 1.82) is 0 Å². The van der Waals surface area contributed by atoms with Crippen LogP contribution >= 0.6 is 0 Å². The van der Waals surface area contributed by atoms with Crippen molar-refractivity contribution in [2.75, 3.05) is 26.2 Å². The summed E-state index contributed by atoms with van der Waals surface area (Å²) in [5, 5.41) is 12.3. The molecule has 0 atom stereocenters. The van der Waals surface area contributed by atoms with Crippen LogP contribution in [0.25, 0.3) is 0 Å². The first-order valence-corrected chi connectivity index (χ1v) is 5.91. The third-order valence-corrected chi connectivity index (χ3v) is 2.96. The van der Waals surface area contributed by atoms with E-state index in [2.05, 4.69) is 15.2 Å². The number of carbonyl (C=O) groups excluding carboxylic acids is 1. The molecule has 2 rings (SSSR count). The van der Waals surface area contributed by atoms with E-state index in [0.29, 0.717) is 6.54 Å². The minimum atomic E-state index is -0.246. The summed E-state index contributed by atoms with van der Waals surface area (Å²) in [6.07, 6.45) is 5.27. The van der Waals surface area contributed by atoms with Crippen molar-refractivity contribution in [2.24, 2.45) is 0 Å². The molecule has 92 valence electrons. The van der Waals surface area contributed by atoms with Crippen LogP contribution in [0.3, 0.4) is 0 Å². The maximum atomic E-state index is 11.7. The number of hydrogen-bond acceptors (Lipinski definition) is 4. The number of amides is 1. The molecule has 0 bridgehead atoms. The van der Waals surface area contributed by atoms with E-state index < -0.39 is 0 Å². The molecule has 2 N–H and O–H groups in total. The fourth-order valence-electron chi connectivity index (χ4n) is 2.01. The summed E-state index contributed by atoms with van der Waals surface area (Å²) < 4.78 is 0. The molecule has 1 aromatic heterocycles. The standard InChI is InChI=1S/C12H17N3O2/c16-11-9-13-4-3-10(11)12(17)14-5-8-15-6-1-2-7-15/h3-4,9,16H,1-2,5-8H2,(H,14,17). The minimum absolute atomic E-state index is 0.0776.